The molecular formula is C20H24N4O4. The smallest absolute Gasteiger partial charge is 0.252 e. The molecule has 3 heterocycles. The third-order valence-electron chi connectivity index (χ3n) is 4.66. The van der Waals surface area contributed by atoms with Gasteiger partial charge in [-0.05, 0) is 24.3 Å². The Morgan fingerprint density at radius 1 is 1.04 bits per heavy atom. The summed E-state index contributed by atoms with van der Waals surface area (Å²) < 4.78 is 16.4. The summed E-state index contributed by atoms with van der Waals surface area (Å²) in [7, 11) is 0. The van der Waals surface area contributed by atoms with Crippen LogP contribution in [0.5, 0.6) is 11.5 Å². The number of fused-ring (bicyclic) bond motifs is 1. The van der Waals surface area contributed by atoms with E-state index in [0.29, 0.717) is 36.9 Å². The van der Waals surface area contributed by atoms with Gasteiger partial charge in [0, 0.05) is 44.1 Å². The Hall–Kier alpha value is -2.84. The average Bonchev–Trinajstić information content (AvgIpc) is 2.75. The number of carbonyl (C=O) groups excluding carboxylic acids is 1. The number of aromatic nitrogens is 1. The molecule has 1 saturated heterocycles. The fourth-order valence-corrected chi connectivity index (χ4v) is 3.13. The van der Waals surface area contributed by atoms with E-state index in [2.05, 4.69) is 20.5 Å². The molecule has 2 aromatic rings. The van der Waals surface area contributed by atoms with Crippen LogP contribution in [-0.4, -0.2) is 68.4 Å². The van der Waals surface area contributed by atoms with Gasteiger partial charge in [-0.3, -0.25) is 9.69 Å². The number of nitrogens with one attached hydrogen (secondary N) is 2. The zero-order valence-electron chi connectivity index (χ0n) is 15.6. The first-order valence-corrected chi connectivity index (χ1v) is 9.49. The van der Waals surface area contributed by atoms with Gasteiger partial charge in [0.2, 0.25) is 0 Å². The van der Waals surface area contributed by atoms with E-state index in [-0.39, 0.29) is 5.91 Å². The molecule has 0 unspecified atom stereocenters. The van der Waals surface area contributed by atoms with Gasteiger partial charge in [0.05, 0.1) is 18.8 Å². The first-order valence-electron chi connectivity index (χ1n) is 9.49. The lowest BCUT2D eigenvalue weighted by atomic mass is 10.2. The molecule has 2 N–H and O–H groups in total. The van der Waals surface area contributed by atoms with Crippen molar-refractivity contribution >= 4 is 17.4 Å². The van der Waals surface area contributed by atoms with E-state index < -0.39 is 0 Å². The first-order chi connectivity index (χ1) is 13.8. The van der Waals surface area contributed by atoms with Crippen LogP contribution in [0, 0.1) is 0 Å². The van der Waals surface area contributed by atoms with Crippen LogP contribution < -0.4 is 20.1 Å². The van der Waals surface area contributed by atoms with Crippen LogP contribution in [0.2, 0.25) is 0 Å². The zero-order chi connectivity index (χ0) is 19.2. The van der Waals surface area contributed by atoms with Crippen LogP contribution in [0.3, 0.4) is 0 Å². The molecule has 1 aromatic carbocycles. The highest BCUT2D eigenvalue weighted by molar-refractivity contribution is 5.94. The lowest BCUT2D eigenvalue weighted by Gasteiger charge is -2.26. The van der Waals surface area contributed by atoms with Crippen molar-refractivity contribution < 1.29 is 19.0 Å². The van der Waals surface area contributed by atoms with Gasteiger partial charge in [-0.15, -0.1) is 0 Å². The van der Waals surface area contributed by atoms with E-state index in [4.69, 9.17) is 14.2 Å². The second kappa shape index (κ2) is 8.90. The van der Waals surface area contributed by atoms with Gasteiger partial charge in [-0.2, -0.15) is 0 Å². The monoisotopic (exact) mass is 384 g/mol. The van der Waals surface area contributed by atoms with Crippen LogP contribution in [0.15, 0.2) is 36.5 Å². The lowest BCUT2D eigenvalue weighted by Crippen LogP contribution is -2.41. The summed E-state index contributed by atoms with van der Waals surface area (Å²) >= 11 is 0. The number of pyridine rings is 1. The Kier molecular flexibility index (Phi) is 5.89. The minimum Gasteiger partial charge on any atom is -0.486 e. The van der Waals surface area contributed by atoms with E-state index in [0.717, 1.165) is 44.3 Å². The highest BCUT2D eigenvalue weighted by atomic mass is 16.6. The van der Waals surface area contributed by atoms with Gasteiger partial charge in [0.15, 0.2) is 11.5 Å². The molecule has 0 aliphatic carbocycles. The number of anilines is 2. The molecule has 2 aliphatic rings. The Morgan fingerprint density at radius 2 is 1.86 bits per heavy atom. The number of benzene rings is 1. The summed E-state index contributed by atoms with van der Waals surface area (Å²) in [6, 6.07) is 9.20. The Balaban J connectivity index is 1.29. The Bertz CT molecular complexity index is 806. The van der Waals surface area contributed by atoms with Crippen LogP contribution >= 0.6 is 0 Å². The predicted octanol–water partition coefficient (Wildman–Crippen LogP) is 1.66. The molecule has 0 saturated carbocycles. The lowest BCUT2D eigenvalue weighted by molar-refractivity contribution is 0.0383. The highest BCUT2D eigenvalue weighted by Crippen LogP contribution is 2.33. The van der Waals surface area contributed by atoms with E-state index in [9.17, 15) is 4.79 Å². The number of nitrogens with zero attached hydrogens (tertiary/aromatic N) is 2. The van der Waals surface area contributed by atoms with Crippen molar-refractivity contribution in [2.24, 2.45) is 0 Å². The molecule has 0 radical (unpaired) electrons. The van der Waals surface area contributed by atoms with Gasteiger partial charge < -0.3 is 24.8 Å². The topological polar surface area (TPSA) is 85.0 Å². The molecule has 148 valence electrons. The molecule has 4 rings (SSSR count). The van der Waals surface area contributed by atoms with E-state index in [1.54, 1.807) is 18.3 Å². The quantitative estimate of drug-likeness (QED) is 0.783. The number of ether oxygens (including phenoxy) is 3. The van der Waals surface area contributed by atoms with Crippen molar-refractivity contribution in [1.29, 1.82) is 0 Å². The second-order valence-electron chi connectivity index (χ2n) is 6.63. The molecule has 8 heteroatoms. The number of hydrogen-bond donors (Lipinski definition) is 2. The van der Waals surface area contributed by atoms with Crippen LogP contribution in [0.1, 0.15) is 10.4 Å². The summed E-state index contributed by atoms with van der Waals surface area (Å²) in [5.74, 6) is 1.99. The molecule has 1 fully saturated rings. The normalized spacial score (nSPS) is 16.4. The third-order valence-corrected chi connectivity index (χ3v) is 4.66. The molecule has 0 spiro atoms. The van der Waals surface area contributed by atoms with Gasteiger partial charge >= 0.3 is 0 Å². The molecule has 1 aromatic heterocycles. The Labute approximate surface area is 163 Å². The standard InChI is InChI=1S/C20H24N4O4/c25-20(21-5-6-24-7-9-26-10-8-24)15-1-4-19(22-14-15)23-16-2-3-17-18(13-16)28-12-11-27-17/h1-4,13-14H,5-12H2,(H,21,25)(H,22,23). The maximum Gasteiger partial charge on any atom is 0.252 e. The fraction of sp³-hybridized carbons (Fsp3) is 0.400. The van der Waals surface area contributed by atoms with E-state index in [1.807, 2.05) is 18.2 Å². The summed E-state index contributed by atoms with van der Waals surface area (Å²) in [5.41, 5.74) is 1.38. The summed E-state index contributed by atoms with van der Waals surface area (Å²) in [5, 5.41) is 6.15. The summed E-state index contributed by atoms with van der Waals surface area (Å²) in [6.45, 7) is 5.89. The van der Waals surface area contributed by atoms with Crippen molar-refractivity contribution in [1.82, 2.24) is 15.2 Å². The second-order valence-corrected chi connectivity index (χ2v) is 6.63. The van der Waals surface area contributed by atoms with E-state index in [1.165, 1.54) is 0 Å². The van der Waals surface area contributed by atoms with Crippen LogP contribution in [0.25, 0.3) is 0 Å². The van der Waals surface area contributed by atoms with Crippen LogP contribution in [0.4, 0.5) is 11.5 Å². The van der Waals surface area contributed by atoms with E-state index >= 15 is 0 Å². The van der Waals surface area contributed by atoms with Gasteiger partial charge in [0.1, 0.15) is 19.0 Å². The van der Waals surface area contributed by atoms with Crippen molar-refractivity contribution in [3.63, 3.8) is 0 Å². The van der Waals surface area contributed by atoms with Crippen molar-refractivity contribution in [2.75, 3.05) is 57.9 Å². The molecular weight excluding hydrogens is 360 g/mol. The number of morpholine rings is 1. The average molecular weight is 384 g/mol. The third kappa shape index (κ3) is 4.71. The van der Waals surface area contributed by atoms with Crippen molar-refractivity contribution in [3.8, 4) is 11.5 Å². The maximum absolute atomic E-state index is 12.3. The zero-order valence-corrected chi connectivity index (χ0v) is 15.6. The van der Waals surface area contributed by atoms with Crippen molar-refractivity contribution in [2.45, 2.75) is 0 Å². The fourth-order valence-electron chi connectivity index (χ4n) is 3.13. The predicted molar refractivity (Wildman–Crippen MR) is 105 cm³/mol. The minimum absolute atomic E-state index is 0.119. The summed E-state index contributed by atoms with van der Waals surface area (Å²) in [6.07, 6.45) is 1.57. The number of carbonyl (C=O) groups is 1. The number of hydrogen-bond acceptors (Lipinski definition) is 7. The molecule has 28 heavy (non-hydrogen) atoms. The SMILES string of the molecule is O=C(NCCN1CCOCC1)c1ccc(Nc2ccc3c(c2)OCCO3)nc1. The first kappa shape index (κ1) is 18.5. The van der Waals surface area contributed by atoms with Crippen LogP contribution in [-0.2, 0) is 4.74 Å². The molecule has 8 nitrogen and oxygen atoms in total. The highest BCUT2D eigenvalue weighted by Gasteiger charge is 2.13. The molecule has 0 atom stereocenters. The number of rotatable bonds is 6. The largest absolute Gasteiger partial charge is 0.486 e. The van der Waals surface area contributed by atoms with Crippen molar-refractivity contribution in [3.05, 3.63) is 42.1 Å². The van der Waals surface area contributed by atoms with Gasteiger partial charge in [-0.1, -0.05) is 0 Å². The maximum atomic E-state index is 12.3. The minimum atomic E-state index is -0.119. The Morgan fingerprint density at radius 3 is 2.64 bits per heavy atom. The molecule has 2 aliphatic heterocycles. The molecule has 0 bridgehead atoms. The van der Waals surface area contributed by atoms with Gasteiger partial charge in [-0.25, -0.2) is 4.98 Å². The number of amides is 1. The molecule has 1 amide bonds. The van der Waals surface area contributed by atoms with Gasteiger partial charge in [0.25, 0.3) is 5.91 Å². The summed E-state index contributed by atoms with van der Waals surface area (Å²) in [4.78, 5) is 18.9.